The number of nitro groups is 1. The summed E-state index contributed by atoms with van der Waals surface area (Å²) in [5, 5.41) is 14.9. The van der Waals surface area contributed by atoms with Gasteiger partial charge in [0.25, 0.3) is 11.6 Å². The van der Waals surface area contributed by atoms with E-state index in [1.807, 2.05) is 12.1 Å². The number of carbonyl (C=O) groups excluding carboxylic acids is 1. The van der Waals surface area contributed by atoms with E-state index >= 15 is 0 Å². The first-order chi connectivity index (χ1) is 12.5. The van der Waals surface area contributed by atoms with E-state index in [0.717, 1.165) is 3.57 Å². The standard InChI is InChI=1S/C16H12IN3O6/c17-11-1-3-12(4-2-11)24-8-16(21)19-18-7-10-5-14-15(26-9-25-14)6-13(10)20(22)23/h1-7H,8-9H2,(H,19,21). The second-order valence-electron chi connectivity index (χ2n) is 5.06. The molecule has 0 aromatic heterocycles. The number of halogens is 1. The Kier molecular flexibility index (Phi) is 5.51. The van der Waals surface area contributed by atoms with Gasteiger partial charge in [0.15, 0.2) is 18.1 Å². The highest BCUT2D eigenvalue weighted by Crippen LogP contribution is 2.37. The summed E-state index contributed by atoms with van der Waals surface area (Å²) in [6.07, 6.45) is 1.17. The van der Waals surface area contributed by atoms with Crippen molar-refractivity contribution in [2.75, 3.05) is 13.4 Å². The molecule has 1 aliphatic rings. The molecule has 9 nitrogen and oxygen atoms in total. The minimum Gasteiger partial charge on any atom is -0.484 e. The summed E-state index contributed by atoms with van der Waals surface area (Å²) in [5.74, 6) is 0.730. The first kappa shape index (κ1) is 17.9. The number of nitrogens with one attached hydrogen (secondary N) is 1. The molecule has 0 aliphatic carbocycles. The normalized spacial score (nSPS) is 12.2. The summed E-state index contributed by atoms with van der Waals surface area (Å²) in [4.78, 5) is 22.3. The Morgan fingerprint density at radius 1 is 1.31 bits per heavy atom. The number of benzene rings is 2. The zero-order valence-corrected chi connectivity index (χ0v) is 15.3. The predicted molar refractivity (Wildman–Crippen MR) is 99.6 cm³/mol. The van der Waals surface area contributed by atoms with E-state index < -0.39 is 10.8 Å². The first-order valence-electron chi connectivity index (χ1n) is 7.31. The molecule has 1 amide bonds. The summed E-state index contributed by atoms with van der Waals surface area (Å²) in [5.41, 5.74) is 2.23. The van der Waals surface area contributed by atoms with Crippen LogP contribution in [0, 0.1) is 13.7 Å². The lowest BCUT2D eigenvalue weighted by atomic mass is 10.1. The number of hydrazone groups is 1. The predicted octanol–water partition coefficient (Wildman–Crippen LogP) is 2.46. The van der Waals surface area contributed by atoms with Crippen molar-refractivity contribution in [2.24, 2.45) is 5.10 Å². The van der Waals surface area contributed by atoms with Gasteiger partial charge in [0, 0.05) is 3.57 Å². The molecular weight excluding hydrogens is 457 g/mol. The van der Waals surface area contributed by atoms with Crippen molar-refractivity contribution < 1.29 is 23.9 Å². The molecule has 3 rings (SSSR count). The third-order valence-electron chi connectivity index (χ3n) is 3.30. The van der Waals surface area contributed by atoms with Gasteiger partial charge in [0.05, 0.1) is 22.8 Å². The van der Waals surface area contributed by atoms with Crippen LogP contribution in [0.1, 0.15) is 5.56 Å². The molecule has 1 aliphatic heterocycles. The van der Waals surface area contributed by atoms with Crippen molar-refractivity contribution in [1.82, 2.24) is 5.43 Å². The second-order valence-corrected chi connectivity index (χ2v) is 6.30. The first-order valence-corrected chi connectivity index (χ1v) is 8.39. The van der Waals surface area contributed by atoms with Gasteiger partial charge in [0.1, 0.15) is 5.75 Å². The molecule has 134 valence electrons. The zero-order chi connectivity index (χ0) is 18.5. The SMILES string of the molecule is O=C(COc1ccc(I)cc1)NN=Cc1cc2c(cc1[N+](=O)[O-])OCO2. The fourth-order valence-electron chi connectivity index (χ4n) is 2.09. The van der Waals surface area contributed by atoms with Crippen LogP contribution in [-0.4, -0.2) is 30.4 Å². The molecule has 0 spiro atoms. The van der Waals surface area contributed by atoms with Gasteiger partial charge >= 0.3 is 0 Å². The van der Waals surface area contributed by atoms with Crippen molar-refractivity contribution in [3.63, 3.8) is 0 Å². The van der Waals surface area contributed by atoms with E-state index in [9.17, 15) is 14.9 Å². The van der Waals surface area contributed by atoms with Crippen LogP contribution in [0.3, 0.4) is 0 Å². The number of amides is 1. The number of nitrogens with zero attached hydrogens (tertiary/aromatic N) is 2. The van der Waals surface area contributed by atoms with Gasteiger partial charge in [-0.1, -0.05) is 0 Å². The molecule has 0 bridgehead atoms. The molecule has 2 aromatic rings. The Bertz CT molecular complexity index is 869. The van der Waals surface area contributed by atoms with Crippen LogP contribution in [0.4, 0.5) is 5.69 Å². The number of ether oxygens (including phenoxy) is 3. The van der Waals surface area contributed by atoms with Crippen LogP contribution in [0.5, 0.6) is 17.2 Å². The molecular formula is C16H12IN3O6. The lowest BCUT2D eigenvalue weighted by Gasteiger charge is -2.05. The lowest BCUT2D eigenvalue weighted by molar-refractivity contribution is -0.385. The number of fused-ring (bicyclic) bond motifs is 1. The largest absolute Gasteiger partial charge is 0.484 e. The number of rotatable bonds is 6. The zero-order valence-electron chi connectivity index (χ0n) is 13.2. The highest BCUT2D eigenvalue weighted by molar-refractivity contribution is 14.1. The van der Waals surface area contributed by atoms with Crippen LogP contribution in [0.25, 0.3) is 0 Å². The van der Waals surface area contributed by atoms with E-state index in [1.165, 1.54) is 18.3 Å². The molecule has 0 radical (unpaired) electrons. The van der Waals surface area contributed by atoms with Crippen molar-refractivity contribution in [3.05, 3.63) is 55.6 Å². The van der Waals surface area contributed by atoms with Crippen LogP contribution in [0.2, 0.25) is 0 Å². The Hall–Kier alpha value is -2.89. The van der Waals surface area contributed by atoms with E-state index in [1.54, 1.807) is 12.1 Å². The second kappa shape index (κ2) is 7.99. The molecule has 26 heavy (non-hydrogen) atoms. The molecule has 0 saturated carbocycles. The van der Waals surface area contributed by atoms with E-state index in [-0.39, 0.29) is 24.7 Å². The van der Waals surface area contributed by atoms with E-state index in [0.29, 0.717) is 17.2 Å². The van der Waals surface area contributed by atoms with Gasteiger partial charge in [-0.15, -0.1) is 0 Å². The Labute approximate surface area is 161 Å². The molecule has 10 heteroatoms. The fourth-order valence-corrected chi connectivity index (χ4v) is 2.45. The maximum atomic E-state index is 11.7. The monoisotopic (exact) mass is 469 g/mol. The van der Waals surface area contributed by atoms with E-state index in [4.69, 9.17) is 14.2 Å². The van der Waals surface area contributed by atoms with Gasteiger partial charge in [-0.3, -0.25) is 14.9 Å². The maximum Gasteiger partial charge on any atom is 0.282 e. The smallest absolute Gasteiger partial charge is 0.282 e. The third-order valence-corrected chi connectivity index (χ3v) is 4.01. The fraction of sp³-hybridized carbons (Fsp3) is 0.125. The van der Waals surface area contributed by atoms with Crippen molar-refractivity contribution >= 4 is 40.4 Å². The molecule has 0 fully saturated rings. The minimum absolute atomic E-state index is 0.000301. The molecule has 0 saturated heterocycles. The highest BCUT2D eigenvalue weighted by Gasteiger charge is 2.22. The van der Waals surface area contributed by atoms with Crippen molar-refractivity contribution in [1.29, 1.82) is 0 Å². The lowest BCUT2D eigenvalue weighted by Crippen LogP contribution is -2.24. The summed E-state index contributed by atoms with van der Waals surface area (Å²) < 4.78 is 16.7. The summed E-state index contributed by atoms with van der Waals surface area (Å²) in [6.45, 7) is -0.235. The molecule has 0 unspecified atom stereocenters. The topological polar surface area (TPSA) is 112 Å². The number of hydrogen-bond acceptors (Lipinski definition) is 7. The average molecular weight is 469 g/mol. The average Bonchev–Trinajstić information content (AvgIpc) is 3.08. The Balaban J connectivity index is 1.60. The van der Waals surface area contributed by atoms with E-state index in [2.05, 4.69) is 33.1 Å². The Morgan fingerprint density at radius 2 is 2.00 bits per heavy atom. The van der Waals surface area contributed by atoms with Gasteiger partial charge in [-0.25, -0.2) is 5.43 Å². The highest BCUT2D eigenvalue weighted by atomic mass is 127. The molecule has 1 N–H and O–H groups in total. The van der Waals surface area contributed by atoms with Gasteiger partial charge in [0.2, 0.25) is 6.79 Å². The number of nitro benzene ring substituents is 1. The van der Waals surface area contributed by atoms with Crippen LogP contribution in [0.15, 0.2) is 41.5 Å². The van der Waals surface area contributed by atoms with Gasteiger partial charge < -0.3 is 14.2 Å². The van der Waals surface area contributed by atoms with Crippen molar-refractivity contribution in [3.8, 4) is 17.2 Å². The maximum absolute atomic E-state index is 11.7. The summed E-state index contributed by atoms with van der Waals surface area (Å²) in [6, 6.07) is 9.88. The van der Waals surface area contributed by atoms with Crippen molar-refractivity contribution in [2.45, 2.75) is 0 Å². The van der Waals surface area contributed by atoms with Crippen LogP contribution in [-0.2, 0) is 4.79 Å². The Morgan fingerprint density at radius 3 is 2.69 bits per heavy atom. The van der Waals surface area contributed by atoms with Crippen LogP contribution >= 0.6 is 22.6 Å². The van der Waals surface area contributed by atoms with Crippen LogP contribution < -0.4 is 19.6 Å². The summed E-state index contributed by atoms with van der Waals surface area (Å²) in [7, 11) is 0. The molecule has 1 heterocycles. The number of carbonyl (C=O) groups is 1. The summed E-state index contributed by atoms with van der Waals surface area (Å²) >= 11 is 2.16. The third kappa shape index (κ3) is 4.39. The number of hydrogen-bond donors (Lipinski definition) is 1. The van der Waals surface area contributed by atoms with Gasteiger partial charge in [-0.2, -0.15) is 5.10 Å². The van der Waals surface area contributed by atoms with Gasteiger partial charge in [-0.05, 0) is 52.9 Å². The molecule has 0 atom stereocenters. The quantitative estimate of drug-likeness (QED) is 0.301. The molecule has 2 aromatic carbocycles. The minimum atomic E-state index is -0.564.